The number of aryl methyl sites for hydroxylation is 1. The quantitative estimate of drug-likeness (QED) is 0.648. The summed E-state index contributed by atoms with van der Waals surface area (Å²) < 4.78 is 1.79. The number of hydrogen-bond acceptors (Lipinski definition) is 6. The first-order valence-electron chi connectivity index (χ1n) is 12.0. The normalized spacial score (nSPS) is 22.5. The number of hydrogen-bond donors (Lipinski definition) is 1. The average molecular weight is 448 g/mol. The fraction of sp³-hybridized carbons (Fsp3) is 0.520. The molecule has 5 rings (SSSR count). The van der Waals surface area contributed by atoms with Gasteiger partial charge in [0.15, 0.2) is 5.82 Å². The van der Waals surface area contributed by atoms with Crippen LogP contribution in [0.1, 0.15) is 25.7 Å². The van der Waals surface area contributed by atoms with Crippen molar-refractivity contribution in [1.82, 2.24) is 29.8 Å². The molecule has 3 heterocycles. The third-order valence-electron chi connectivity index (χ3n) is 7.20. The van der Waals surface area contributed by atoms with Crippen molar-refractivity contribution in [3.05, 3.63) is 36.7 Å². The van der Waals surface area contributed by atoms with Crippen LogP contribution in [0.25, 0.3) is 22.0 Å². The number of piperazine rings is 1. The van der Waals surface area contributed by atoms with Crippen molar-refractivity contribution >= 4 is 22.6 Å². The molecular formula is C25H33N7O. The summed E-state index contributed by atoms with van der Waals surface area (Å²) in [5.74, 6) is 1.37. The van der Waals surface area contributed by atoms with E-state index < -0.39 is 0 Å². The number of benzene rings is 1. The van der Waals surface area contributed by atoms with Crippen molar-refractivity contribution in [2.24, 2.45) is 18.9 Å². The van der Waals surface area contributed by atoms with E-state index in [9.17, 15) is 4.79 Å². The number of amides is 1. The van der Waals surface area contributed by atoms with Crippen LogP contribution in [0, 0.1) is 11.8 Å². The van der Waals surface area contributed by atoms with E-state index in [1.165, 1.54) is 19.6 Å². The van der Waals surface area contributed by atoms with Gasteiger partial charge in [-0.05, 0) is 62.4 Å². The third kappa shape index (κ3) is 5.23. The van der Waals surface area contributed by atoms with Crippen LogP contribution in [0.15, 0.2) is 36.7 Å². The van der Waals surface area contributed by atoms with Gasteiger partial charge in [-0.15, -0.1) is 10.2 Å². The molecule has 1 amide bonds. The zero-order valence-electron chi connectivity index (χ0n) is 19.6. The number of nitrogens with one attached hydrogen (secondary N) is 1. The van der Waals surface area contributed by atoms with Gasteiger partial charge in [-0.25, -0.2) is 0 Å². The minimum Gasteiger partial charge on any atom is -0.309 e. The standard InChI is InChI=1S/C25H33N7O/c1-30-9-11-32(12-10-30)16-18-3-5-19(6-4-18)25(33)27-24-14-21-13-20(7-8-23(21)28-29-24)22-15-26-31(2)17-22/h7-8,13-15,17-19H,3-6,9-12,16H2,1-2H3,(H,27,29,33). The Morgan fingerprint density at radius 2 is 1.79 bits per heavy atom. The molecule has 174 valence electrons. The Kier molecular flexibility index (Phi) is 6.37. The summed E-state index contributed by atoms with van der Waals surface area (Å²) in [5.41, 5.74) is 2.93. The fourth-order valence-corrected chi connectivity index (χ4v) is 5.09. The molecule has 33 heavy (non-hydrogen) atoms. The van der Waals surface area contributed by atoms with E-state index in [4.69, 9.17) is 0 Å². The van der Waals surface area contributed by atoms with Crippen LogP contribution in [0.5, 0.6) is 0 Å². The molecule has 1 N–H and O–H groups in total. The molecule has 2 aliphatic rings. The predicted molar refractivity (Wildman–Crippen MR) is 130 cm³/mol. The molecule has 8 heteroatoms. The maximum atomic E-state index is 12.9. The minimum atomic E-state index is 0.0629. The minimum absolute atomic E-state index is 0.0629. The first-order valence-corrected chi connectivity index (χ1v) is 12.0. The van der Waals surface area contributed by atoms with E-state index in [-0.39, 0.29) is 11.8 Å². The molecule has 0 unspecified atom stereocenters. The van der Waals surface area contributed by atoms with Gasteiger partial charge in [0.2, 0.25) is 5.91 Å². The van der Waals surface area contributed by atoms with Crippen LogP contribution in [0.2, 0.25) is 0 Å². The van der Waals surface area contributed by atoms with Gasteiger partial charge in [-0.3, -0.25) is 9.48 Å². The maximum absolute atomic E-state index is 12.9. The van der Waals surface area contributed by atoms with Crippen LogP contribution >= 0.6 is 0 Å². The number of anilines is 1. The van der Waals surface area contributed by atoms with Gasteiger partial charge in [0, 0.05) is 62.8 Å². The molecule has 3 aromatic rings. The molecule has 1 saturated carbocycles. The van der Waals surface area contributed by atoms with Gasteiger partial charge in [-0.2, -0.15) is 5.10 Å². The van der Waals surface area contributed by atoms with Crippen LogP contribution in [0.3, 0.4) is 0 Å². The highest BCUT2D eigenvalue weighted by Crippen LogP contribution is 2.31. The second-order valence-electron chi connectivity index (χ2n) is 9.72. The first-order chi connectivity index (χ1) is 16.0. The summed E-state index contributed by atoms with van der Waals surface area (Å²) in [6.45, 7) is 5.83. The Morgan fingerprint density at radius 3 is 2.52 bits per heavy atom. The van der Waals surface area contributed by atoms with E-state index in [1.54, 1.807) is 4.68 Å². The van der Waals surface area contributed by atoms with Crippen LogP contribution in [0.4, 0.5) is 5.82 Å². The lowest BCUT2D eigenvalue weighted by atomic mass is 9.81. The summed E-state index contributed by atoms with van der Waals surface area (Å²) in [4.78, 5) is 17.9. The molecule has 0 spiro atoms. The summed E-state index contributed by atoms with van der Waals surface area (Å²) in [5, 5.41) is 16.8. The number of likely N-dealkylation sites (N-methyl/N-ethyl adjacent to an activating group) is 1. The lowest BCUT2D eigenvalue weighted by Crippen LogP contribution is -2.46. The van der Waals surface area contributed by atoms with E-state index >= 15 is 0 Å². The molecule has 1 aromatic carbocycles. The van der Waals surface area contributed by atoms with Crippen molar-refractivity contribution in [2.45, 2.75) is 25.7 Å². The van der Waals surface area contributed by atoms with E-state index in [0.29, 0.717) is 11.7 Å². The van der Waals surface area contributed by atoms with Gasteiger partial charge in [0.05, 0.1) is 11.7 Å². The van der Waals surface area contributed by atoms with Crippen LogP contribution in [-0.2, 0) is 11.8 Å². The van der Waals surface area contributed by atoms with Gasteiger partial charge in [0.25, 0.3) is 0 Å². The molecule has 1 aliphatic heterocycles. The highest BCUT2D eigenvalue weighted by atomic mass is 16.1. The second-order valence-corrected chi connectivity index (χ2v) is 9.72. The predicted octanol–water partition coefficient (Wildman–Crippen LogP) is 3.02. The molecule has 2 aromatic heterocycles. The van der Waals surface area contributed by atoms with Gasteiger partial charge in [-0.1, -0.05) is 6.07 Å². The fourth-order valence-electron chi connectivity index (χ4n) is 5.09. The van der Waals surface area contributed by atoms with Gasteiger partial charge < -0.3 is 15.1 Å². The highest BCUT2D eigenvalue weighted by molar-refractivity contribution is 5.94. The summed E-state index contributed by atoms with van der Waals surface area (Å²) in [6.07, 6.45) is 7.99. The van der Waals surface area contributed by atoms with E-state index in [1.807, 2.05) is 37.6 Å². The molecule has 0 bridgehead atoms. The van der Waals surface area contributed by atoms with Crippen molar-refractivity contribution in [3.8, 4) is 11.1 Å². The summed E-state index contributed by atoms with van der Waals surface area (Å²) in [7, 11) is 4.10. The molecular weight excluding hydrogens is 414 g/mol. The zero-order chi connectivity index (χ0) is 22.8. The largest absolute Gasteiger partial charge is 0.309 e. The lowest BCUT2D eigenvalue weighted by Gasteiger charge is -2.36. The van der Waals surface area contributed by atoms with Crippen molar-refractivity contribution in [1.29, 1.82) is 0 Å². The highest BCUT2D eigenvalue weighted by Gasteiger charge is 2.28. The zero-order valence-corrected chi connectivity index (χ0v) is 19.6. The van der Waals surface area contributed by atoms with E-state index in [0.717, 1.165) is 60.8 Å². The SMILES string of the molecule is CN1CCN(CC2CCC(C(=O)Nc3cc4cc(-c5cnn(C)c5)ccc4nn3)CC2)CC1. The van der Waals surface area contributed by atoms with Crippen molar-refractivity contribution in [2.75, 3.05) is 45.1 Å². The molecule has 0 radical (unpaired) electrons. The topological polar surface area (TPSA) is 79.2 Å². The van der Waals surface area contributed by atoms with Gasteiger partial charge >= 0.3 is 0 Å². The Labute approximate surface area is 195 Å². The van der Waals surface area contributed by atoms with Crippen molar-refractivity contribution < 1.29 is 4.79 Å². The lowest BCUT2D eigenvalue weighted by molar-refractivity contribution is -0.121. The Bertz CT molecular complexity index is 1110. The molecule has 0 atom stereocenters. The molecule has 1 aliphatic carbocycles. The Morgan fingerprint density at radius 1 is 1.00 bits per heavy atom. The third-order valence-corrected chi connectivity index (χ3v) is 7.20. The number of aromatic nitrogens is 4. The second kappa shape index (κ2) is 9.57. The molecule has 2 fully saturated rings. The van der Waals surface area contributed by atoms with Crippen LogP contribution < -0.4 is 5.32 Å². The number of nitrogens with zero attached hydrogens (tertiary/aromatic N) is 6. The van der Waals surface area contributed by atoms with Crippen molar-refractivity contribution in [3.63, 3.8) is 0 Å². The van der Waals surface area contributed by atoms with E-state index in [2.05, 4.69) is 43.5 Å². The van der Waals surface area contributed by atoms with Crippen LogP contribution in [-0.4, -0.2) is 75.5 Å². The molecule has 1 saturated heterocycles. The Balaban J connectivity index is 1.18. The van der Waals surface area contributed by atoms with Gasteiger partial charge in [0.1, 0.15) is 0 Å². The average Bonchev–Trinajstić information content (AvgIpc) is 3.27. The molecule has 8 nitrogen and oxygen atoms in total. The smallest absolute Gasteiger partial charge is 0.228 e. The first kappa shape index (κ1) is 22.0. The number of carbonyl (C=O) groups excluding carboxylic acids is 1. The monoisotopic (exact) mass is 447 g/mol. The number of carbonyl (C=O) groups is 1. The number of fused-ring (bicyclic) bond motifs is 1. The summed E-state index contributed by atoms with van der Waals surface area (Å²) in [6, 6.07) is 7.96. The maximum Gasteiger partial charge on any atom is 0.228 e. The summed E-state index contributed by atoms with van der Waals surface area (Å²) >= 11 is 0. The number of rotatable bonds is 5. The Hall–Kier alpha value is -2.84.